The van der Waals surface area contributed by atoms with Gasteiger partial charge in [0, 0.05) is 13.2 Å². The van der Waals surface area contributed by atoms with E-state index in [1.807, 2.05) is 13.1 Å². The van der Waals surface area contributed by atoms with Gasteiger partial charge >= 0.3 is 0 Å². The van der Waals surface area contributed by atoms with Gasteiger partial charge in [-0.3, -0.25) is 0 Å². The summed E-state index contributed by atoms with van der Waals surface area (Å²) in [5.41, 5.74) is 0.861. The van der Waals surface area contributed by atoms with E-state index < -0.39 is 0 Å². The molecule has 1 aliphatic rings. The molecule has 1 aliphatic carbocycles. The third kappa shape index (κ3) is 3.28. The number of methoxy groups -OCH3 is 1. The van der Waals surface area contributed by atoms with Crippen LogP contribution < -0.4 is 5.32 Å². The molecule has 0 saturated heterocycles. The van der Waals surface area contributed by atoms with Gasteiger partial charge in [0.25, 0.3) is 0 Å². The minimum atomic E-state index is -0.348. The first kappa shape index (κ1) is 14.8. The smallest absolute Gasteiger partial charge is 0.142 e. The van der Waals surface area contributed by atoms with Crippen molar-refractivity contribution >= 4 is 11.6 Å². The molecule has 1 N–H and O–H groups in total. The molecule has 1 aromatic carbocycles. The zero-order valence-electron chi connectivity index (χ0n) is 11.5. The molecule has 106 valence electrons. The number of benzene rings is 1. The van der Waals surface area contributed by atoms with E-state index in [-0.39, 0.29) is 22.5 Å². The monoisotopic (exact) mass is 285 g/mol. The Morgan fingerprint density at radius 3 is 2.74 bits per heavy atom. The van der Waals surface area contributed by atoms with Crippen LogP contribution in [0.2, 0.25) is 5.02 Å². The highest BCUT2D eigenvalue weighted by Crippen LogP contribution is 2.39. The largest absolute Gasteiger partial charge is 0.378 e. The summed E-state index contributed by atoms with van der Waals surface area (Å²) in [6.45, 7) is 0. The van der Waals surface area contributed by atoms with Crippen LogP contribution >= 0.6 is 11.6 Å². The summed E-state index contributed by atoms with van der Waals surface area (Å²) >= 11 is 6.01. The molecule has 4 heteroatoms. The zero-order valence-corrected chi connectivity index (χ0v) is 12.3. The molecular formula is C15H21ClFNO. The van der Waals surface area contributed by atoms with Crippen LogP contribution in [0.25, 0.3) is 0 Å². The van der Waals surface area contributed by atoms with Crippen molar-refractivity contribution in [1.82, 2.24) is 5.32 Å². The van der Waals surface area contributed by atoms with Crippen molar-refractivity contribution in [2.45, 2.75) is 43.7 Å². The minimum Gasteiger partial charge on any atom is -0.378 e. The average Bonchev–Trinajstić information content (AvgIpc) is 2.37. The Bertz CT molecular complexity index is 429. The van der Waals surface area contributed by atoms with Gasteiger partial charge < -0.3 is 10.1 Å². The number of nitrogens with one attached hydrogen (secondary N) is 1. The van der Waals surface area contributed by atoms with Crippen LogP contribution in [-0.4, -0.2) is 25.8 Å². The van der Waals surface area contributed by atoms with E-state index in [4.69, 9.17) is 16.3 Å². The quantitative estimate of drug-likeness (QED) is 0.863. The lowest BCUT2D eigenvalue weighted by Crippen LogP contribution is -2.45. The summed E-state index contributed by atoms with van der Waals surface area (Å²) in [5.74, 6) is -0.348. The highest BCUT2D eigenvalue weighted by molar-refractivity contribution is 6.31. The standard InChI is InChI=1S/C15H21ClFNO/c1-18-12(10-15(19-2)7-4-8-15)9-11-5-3-6-13(17)14(11)16/h3,5-6,12,18H,4,7-10H2,1-2H3. The Hall–Kier alpha value is -0.640. The first-order valence-electron chi connectivity index (χ1n) is 6.75. The zero-order chi connectivity index (χ0) is 13.9. The van der Waals surface area contributed by atoms with Gasteiger partial charge in [-0.15, -0.1) is 0 Å². The highest BCUT2D eigenvalue weighted by atomic mass is 35.5. The topological polar surface area (TPSA) is 21.3 Å². The lowest BCUT2D eigenvalue weighted by molar-refractivity contribution is -0.0830. The summed E-state index contributed by atoms with van der Waals surface area (Å²) in [4.78, 5) is 0. The molecule has 0 amide bonds. The second-order valence-corrected chi connectivity index (χ2v) is 5.73. The van der Waals surface area contributed by atoms with E-state index in [0.29, 0.717) is 0 Å². The number of hydrogen-bond donors (Lipinski definition) is 1. The van der Waals surface area contributed by atoms with Gasteiger partial charge in [0.2, 0.25) is 0 Å². The van der Waals surface area contributed by atoms with Crippen molar-refractivity contribution < 1.29 is 9.13 Å². The number of hydrogen-bond acceptors (Lipinski definition) is 2. The summed E-state index contributed by atoms with van der Waals surface area (Å²) in [5, 5.41) is 3.53. The van der Waals surface area contributed by atoms with Crippen molar-refractivity contribution in [3.63, 3.8) is 0 Å². The fourth-order valence-electron chi connectivity index (χ4n) is 2.76. The molecular weight excluding hydrogens is 265 g/mol. The maximum atomic E-state index is 13.4. The van der Waals surface area contributed by atoms with Gasteiger partial charge in [0.1, 0.15) is 5.82 Å². The fourth-order valence-corrected chi connectivity index (χ4v) is 2.96. The molecule has 0 spiro atoms. The van der Waals surface area contributed by atoms with Crippen molar-refractivity contribution in [3.8, 4) is 0 Å². The Morgan fingerprint density at radius 1 is 1.47 bits per heavy atom. The lowest BCUT2D eigenvalue weighted by Gasteiger charge is -2.43. The maximum Gasteiger partial charge on any atom is 0.142 e. The van der Waals surface area contributed by atoms with Gasteiger partial charge in [-0.1, -0.05) is 23.7 Å². The Morgan fingerprint density at radius 2 is 2.21 bits per heavy atom. The van der Waals surface area contributed by atoms with Crippen molar-refractivity contribution in [2.75, 3.05) is 14.2 Å². The van der Waals surface area contributed by atoms with Crippen LogP contribution in [0.15, 0.2) is 18.2 Å². The van der Waals surface area contributed by atoms with Crippen LogP contribution in [0.5, 0.6) is 0 Å². The van der Waals surface area contributed by atoms with Gasteiger partial charge in [-0.25, -0.2) is 4.39 Å². The first-order valence-corrected chi connectivity index (χ1v) is 7.13. The Balaban J connectivity index is 2.04. The molecule has 0 heterocycles. The van der Waals surface area contributed by atoms with E-state index in [1.54, 1.807) is 13.2 Å². The molecule has 1 atom stereocenters. The number of ether oxygens (including phenoxy) is 1. The van der Waals surface area contributed by atoms with Crippen molar-refractivity contribution in [2.24, 2.45) is 0 Å². The van der Waals surface area contributed by atoms with Crippen LogP contribution in [-0.2, 0) is 11.2 Å². The second kappa shape index (κ2) is 6.21. The van der Waals surface area contributed by atoms with Crippen LogP contribution in [0.4, 0.5) is 4.39 Å². The second-order valence-electron chi connectivity index (χ2n) is 5.35. The van der Waals surface area contributed by atoms with Crippen LogP contribution in [0.3, 0.4) is 0 Å². The third-order valence-electron chi connectivity index (χ3n) is 4.22. The van der Waals surface area contributed by atoms with E-state index in [0.717, 1.165) is 31.2 Å². The summed E-state index contributed by atoms with van der Waals surface area (Å²) in [7, 11) is 3.71. The Kier molecular flexibility index (Phi) is 4.82. The molecule has 0 bridgehead atoms. The molecule has 0 radical (unpaired) electrons. The SMILES string of the molecule is CNC(Cc1cccc(F)c1Cl)CC1(OC)CCC1. The van der Waals surface area contributed by atoms with E-state index in [1.165, 1.54) is 12.5 Å². The molecule has 19 heavy (non-hydrogen) atoms. The van der Waals surface area contributed by atoms with E-state index in [9.17, 15) is 4.39 Å². The molecule has 1 unspecified atom stereocenters. The molecule has 1 aromatic rings. The lowest BCUT2D eigenvalue weighted by atomic mass is 9.75. The molecule has 0 aromatic heterocycles. The molecule has 0 aliphatic heterocycles. The molecule has 2 nitrogen and oxygen atoms in total. The predicted octanol–water partition coefficient (Wildman–Crippen LogP) is 3.57. The number of halogens is 2. The van der Waals surface area contributed by atoms with Gasteiger partial charge in [-0.2, -0.15) is 0 Å². The highest BCUT2D eigenvalue weighted by Gasteiger charge is 2.38. The normalized spacial score (nSPS) is 18.9. The number of likely N-dealkylation sites (N-methyl/N-ethyl adjacent to an activating group) is 1. The molecule has 2 rings (SSSR count). The van der Waals surface area contributed by atoms with Crippen molar-refractivity contribution in [1.29, 1.82) is 0 Å². The van der Waals surface area contributed by atoms with Gasteiger partial charge in [0.15, 0.2) is 0 Å². The van der Waals surface area contributed by atoms with Crippen LogP contribution in [0.1, 0.15) is 31.2 Å². The predicted molar refractivity (Wildman–Crippen MR) is 76.2 cm³/mol. The Labute approximate surface area is 119 Å². The van der Waals surface area contributed by atoms with Crippen molar-refractivity contribution in [3.05, 3.63) is 34.6 Å². The third-order valence-corrected chi connectivity index (χ3v) is 4.65. The summed E-state index contributed by atoms with van der Waals surface area (Å²) in [6, 6.07) is 5.23. The van der Waals surface area contributed by atoms with Crippen LogP contribution in [0, 0.1) is 5.82 Å². The molecule has 1 fully saturated rings. The fraction of sp³-hybridized carbons (Fsp3) is 0.600. The maximum absolute atomic E-state index is 13.4. The minimum absolute atomic E-state index is 0.00742. The summed E-state index contributed by atoms with van der Waals surface area (Å²) in [6.07, 6.45) is 5.10. The first-order chi connectivity index (χ1) is 9.10. The summed E-state index contributed by atoms with van der Waals surface area (Å²) < 4.78 is 19.1. The van der Waals surface area contributed by atoms with Gasteiger partial charge in [-0.05, 0) is 50.8 Å². The van der Waals surface area contributed by atoms with E-state index >= 15 is 0 Å². The van der Waals surface area contributed by atoms with Gasteiger partial charge in [0.05, 0.1) is 10.6 Å². The molecule has 1 saturated carbocycles. The average molecular weight is 286 g/mol. The number of rotatable bonds is 6. The van der Waals surface area contributed by atoms with E-state index in [2.05, 4.69) is 5.32 Å².